The van der Waals surface area contributed by atoms with Crippen LogP contribution in [-0.2, 0) is 0 Å². The maximum Gasteiger partial charge on any atom is 0.315 e. The molecule has 22 heavy (non-hydrogen) atoms. The molecule has 2 aromatic rings. The van der Waals surface area contributed by atoms with Gasteiger partial charge >= 0.3 is 5.69 Å². The Balaban J connectivity index is 2.52. The number of aromatic hydroxyl groups is 1. The van der Waals surface area contributed by atoms with Crippen LogP contribution in [0.25, 0.3) is 0 Å². The molecule has 0 atom stereocenters. The quantitative estimate of drug-likeness (QED) is 0.367. The summed E-state index contributed by atoms with van der Waals surface area (Å²) in [7, 11) is 1.25. The first-order valence-corrected chi connectivity index (χ1v) is 6.11. The number of rotatable bonds is 4. The molecule has 0 saturated heterocycles. The highest BCUT2D eigenvalue weighted by molar-refractivity contribution is 7.71. The second kappa shape index (κ2) is 6.13. The number of nitrogens with one attached hydrogen (secondary N) is 1. The molecule has 0 aliphatic rings. The molecular weight excluding hydrogens is 314 g/mol. The predicted molar refractivity (Wildman–Crippen MR) is 78.0 cm³/mol. The summed E-state index contributed by atoms with van der Waals surface area (Å²) in [6.07, 6.45) is 2.15. The van der Waals surface area contributed by atoms with E-state index in [1.165, 1.54) is 19.4 Å². The Bertz CT molecular complexity index is 844. The largest absolute Gasteiger partial charge is 0.500 e. The van der Waals surface area contributed by atoms with Crippen molar-refractivity contribution in [2.75, 3.05) is 7.11 Å². The molecule has 2 rings (SSSR count). The zero-order chi connectivity index (χ0) is 16.3. The number of hydrogen-bond donors (Lipinski definition) is 2. The van der Waals surface area contributed by atoms with Gasteiger partial charge in [-0.3, -0.25) is 20.0 Å². The number of phenols is 1. The van der Waals surface area contributed by atoms with Crippen LogP contribution in [0, 0.1) is 14.9 Å². The molecule has 2 N–H and O–H groups in total. The van der Waals surface area contributed by atoms with Crippen molar-refractivity contribution >= 4 is 24.1 Å². The van der Waals surface area contributed by atoms with Crippen molar-refractivity contribution in [2.45, 2.75) is 0 Å². The first kappa shape index (κ1) is 15.3. The number of nitrogens with zero attached hydrogens (tertiary/aromatic N) is 4. The zero-order valence-electron chi connectivity index (χ0n) is 11.1. The number of hydrogen-bond acceptors (Lipinski definition) is 8. The van der Waals surface area contributed by atoms with Gasteiger partial charge in [0.25, 0.3) is 5.56 Å². The Labute approximate surface area is 127 Å². The minimum atomic E-state index is -0.764. The summed E-state index contributed by atoms with van der Waals surface area (Å²) in [5.74, 6) is -0.689. The lowest BCUT2D eigenvalue weighted by Crippen LogP contribution is -2.18. The van der Waals surface area contributed by atoms with Crippen molar-refractivity contribution in [1.82, 2.24) is 14.9 Å². The molecule has 0 aliphatic carbocycles. The molecule has 1 aromatic heterocycles. The number of benzene rings is 1. The third-order valence-corrected chi connectivity index (χ3v) is 2.82. The molecule has 0 bridgehead atoms. The Hall–Kier alpha value is -3.08. The van der Waals surface area contributed by atoms with E-state index in [0.29, 0.717) is 0 Å². The summed E-state index contributed by atoms with van der Waals surface area (Å²) < 4.78 is 5.67. The van der Waals surface area contributed by atoms with Crippen LogP contribution in [0.5, 0.6) is 11.5 Å². The summed E-state index contributed by atoms with van der Waals surface area (Å²) in [4.78, 5) is 21.7. The number of H-pyrrole nitrogens is 1. The molecule has 1 aromatic carbocycles. The molecular formula is C11H9N5O5S. The Kier molecular flexibility index (Phi) is 4.27. The molecule has 0 spiro atoms. The van der Waals surface area contributed by atoms with Crippen molar-refractivity contribution in [3.63, 3.8) is 0 Å². The van der Waals surface area contributed by atoms with E-state index < -0.39 is 21.9 Å². The summed E-state index contributed by atoms with van der Waals surface area (Å²) in [6, 6.07) is 2.41. The number of aromatic nitrogens is 3. The van der Waals surface area contributed by atoms with Gasteiger partial charge in [0.15, 0.2) is 5.75 Å². The van der Waals surface area contributed by atoms with Gasteiger partial charge in [-0.1, -0.05) is 0 Å². The second-order valence-electron chi connectivity index (χ2n) is 3.92. The molecule has 114 valence electrons. The maximum atomic E-state index is 11.5. The highest BCUT2D eigenvalue weighted by atomic mass is 32.1. The number of ether oxygens (including phenoxy) is 1. The standard InChI is InChI=1S/C11H9N5O5S/c1-21-8-3-6(2-7(10(8)18)16(19)20)4-13-15-9(17)5-12-14-11(15)22/h2-5,18H,1H3,(H,14,22)/b13-4+. The van der Waals surface area contributed by atoms with Crippen LogP contribution in [-0.4, -0.2) is 38.2 Å². The van der Waals surface area contributed by atoms with Crippen LogP contribution >= 0.6 is 12.2 Å². The van der Waals surface area contributed by atoms with Gasteiger partial charge in [-0.15, -0.1) is 0 Å². The Morgan fingerprint density at radius 3 is 2.91 bits per heavy atom. The summed E-state index contributed by atoms with van der Waals surface area (Å²) >= 11 is 4.85. The molecule has 10 nitrogen and oxygen atoms in total. The van der Waals surface area contributed by atoms with Gasteiger partial charge in [-0.05, 0) is 18.3 Å². The van der Waals surface area contributed by atoms with E-state index in [0.717, 1.165) is 16.9 Å². The number of aromatic amines is 1. The second-order valence-corrected chi connectivity index (χ2v) is 4.30. The first-order valence-electron chi connectivity index (χ1n) is 5.70. The first-order chi connectivity index (χ1) is 10.4. The van der Waals surface area contributed by atoms with Crippen LogP contribution in [0.15, 0.2) is 28.2 Å². The van der Waals surface area contributed by atoms with E-state index in [1.54, 1.807) is 0 Å². The highest BCUT2D eigenvalue weighted by Crippen LogP contribution is 2.36. The number of methoxy groups -OCH3 is 1. The fourth-order valence-electron chi connectivity index (χ4n) is 1.56. The van der Waals surface area contributed by atoms with E-state index >= 15 is 0 Å². The van der Waals surface area contributed by atoms with Crippen molar-refractivity contribution in [2.24, 2.45) is 5.10 Å². The molecule has 11 heteroatoms. The fraction of sp³-hybridized carbons (Fsp3) is 0.0909. The SMILES string of the molecule is COc1cc(/C=N/n2c(=O)cn[nH]c2=S)cc([N+](=O)[O-])c1O. The van der Waals surface area contributed by atoms with E-state index in [2.05, 4.69) is 15.3 Å². The van der Waals surface area contributed by atoms with E-state index in [-0.39, 0.29) is 16.1 Å². The molecule has 0 radical (unpaired) electrons. The summed E-state index contributed by atoms with van der Waals surface area (Å²) in [5, 5.41) is 30.2. The Morgan fingerprint density at radius 2 is 2.32 bits per heavy atom. The van der Waals surface area contributed by atoms with Gasteiger partial charge in [0, 0.05) is 11.6 Å². The monoisotopic (exact) mass is 323 g/mol. The van der Waals surface area contributed by atoms with Crippen LogP contribution in [0.4, 0.5) is 5.69 Å². The van der Waals surface area contributed by atoms with E-state index in [4.69, 9.17) is 17.0 Å². The lowest BCUT2D eigenvalue weighted by Gasteiger charge is -2.05. The van der Waals surface area contributed by atoms with Gasteiger partial charge in [0.1, 0.15) is 6.20 Å². The molecule has 0 unspecified atom stereocenters. The van der Waals surface area contributed by atoms with Crippen molar-refractivity contribution in [3.8, 4) is 11.5 Å². The third-order valence-electron chi connectivity index (χ3n) is 2.55. The normalized spacial score (nSPS) is 10.8. The Morgan fingerprint density at radius 1 is 1.59 bits per heavy atom. The highest BCUT2D eigenvalue weighted by Gasteiger charge is 2.19. The third kappa shape index (κ3) is 2.98. The van der Waals surface area contributed by atoms with Crippen LogP contribution in [0.3, 0.4) is 0 Å². The van der Waals surface area contributed by atoms with Gasteiger partial charge in [0.05, 0.1) is 18.2 Å². The maximum absolute atomic E-state index is 11.5. The van der Waals surface area contributed by atoms with Crippen LogP contribution in [0.1, 0.15) is 5.56 Å². The molecule has 0 fully saturated rings. The lowest BCUT2D eigenvalue weighted by atomic mass is 10.2. The lowest BCUT2D eigenvalue weighted by molar-refractivity contribution is -0.386. The molecule has 0 aliphatic heterocycles. The van der Waals surface area contributed by atoms with Gasteiger partial charge in [0.2, 0.25) is 10.5 Å². The van der Waals surface area contributed by atoms with Crippen LogP contribution in [0.2, 0.25) is 0 Å². The molecule has 1 heterocycles. The zero-order valence-corrected chi connectivity index (χ0v) is 11.9. The average molecular weight is 323 g/mol. The van der Waals surface area contributed by atoms with Crippen molar-refractivity contribution in [1.29, 1.82) is 0 Å². The fourth-order valence-corrected chi connectivity index (χ4v) is 1.75. The summed E-state index contributed by atoms with van der Waals surface area (Å²) in [5.41, 5.74) is -0.882. The molecule has 0 saturated carbocycles. The smallest absolute Gasteiger partial charge is 0.315 e. The summed E-state index contributed by atoms with van der Waals surface area (Å²) in [6.45, 7) is 0. The van der Waals surface area contributed by atoms with Gasteiger partial charge < -0.3 is 9.84 Å². The molecule has 0 amide bonds. The number of nitro benzene ring substituents is 1. The predicted octanol–water partition coefficient (Wildman–Crippen LogP) is 0.805. The minimum Gasteiger partial charge on any atom is -0.500 e. The minimum absolute atomic E-state index is 0.0380. The van der Waals surface area contributed by atoms with E-state index in [1.807, 2.05) is 0 Å². The topological polar surface area (TPSA) is 136 Å². The van der Waals surface area contributed by atoms with Crippen molar-refractivity contribution < 1.29 is 14.8 Å². The average Bonchev–Trinajstić information content (AvgIpc) is 2.47. The van der Waals surface area contributed by atoms with Gasteiger partial charge in [-0.25, -0.2) is 0 Å². The van der Waals surface area contributed by atoms with E-state index in [9.17, 15) is 20.0 Å². The number of nitro groups is 1. The number of phenolic OH excluding ortho intramolecular Hbond substituents is 1. The van der Waals surface area contributed by atoms with Gasteiger partial charge in [-0.2, -0.15) is 14.9 Å². The van der Waals surface area contributed by atoms with Crippen LogP contribution < -0.4 is 10.3 Å². The van der Waals surface area contributed by atoms with Crippen molar-refractivity contribution in [3.05, 3.63) is 49.1 Å².